The Kier molecular flexibility index (Phi) is 3.40. The van der Waals surface area contributed by atoms with E-state index in [2.05, 4.69) is 22.8 Å². The maximum absolute atomic E-state index is 8.61. The third-order valence-corrected chi connectivity index (χ3v) is 2.72. The molecule has 1 heterocycles. The zero-order valence-corrected chi connectivity index (χ0v) is 9.33. The number of nitrogens with zero attached hydrogens (tertiary/aromatic N) is 2. The predicted molar refractivity (Wildman–Crippen MR) is 64.8 cm³/mol. The molecular formula is C13H12N4. The molecule has 1 aliphatic heterocycles. The largest absolute Gasteiger partial charge is 0.360 e. The molecule has 17 heavy (non-hydrogen) atoms. The number of allylic oxidation sites excluding steroid dienone is 1. The third-order valence-electron chi connectivity index (χ3n) is 2.72. The van der Waals surface area contributed by atoms with Crippen molar-refractivity contribution >= 4 is 5.69 Å². The van der Waals surface area contributed by atoms with Gasteiger partial charge in [0.15, 0.2) is 0 Å². The maximum Gasteiger partial charge on any atom is 0.145 e. The summed E-state index contributed by atoms with van der Waals surface area (Å²) in [7, 11) is 0. The van der Waals surface area contributed by atoms with Gasteiger partial charge >= 0.3 is 0 Å². The Morgan fingerprint density at radius 2 is 2.12 bits per heavy atom. The van der Waals surface area contributed by atoms with Gasteiger partial charge in [-0.25, -0.2) is 0 Å². The molecule has 0 bridgehead atoms. The van der Waals surface area contributed by atoms with Crippen molar-refractivity contribution < 1.29 is 0 Å². The van der Waals surface area contributed by atoms with Gasteiger partial charge in [-0.3, -0.25) is 0 Å². The Hall–Kier alpha value is -2.30. The summed E-state index contributed by atoms with van der Waals surface area (Å²) >= 11 is 0. The normalized spacial score (nSPS) is 12.8. The summed E-state index contributed by atoms with van der Waals surface area (Å²) in [4.78, 5) is 0. The Balaban J connectivity index is 2.16. The Bertz CT molecular complexity index is 515. The van der Waals surface area contributed by atoms with E-state index in [1.165, 1.54) is 17.3 Å². The Morgan fingerprint density at radius 3 is 2.88 bits per heavy atom. The van der Waals surface area contributed by atoms with Crippen LogP contribution < -0.4 is 10.6 Å². The number of nitrogens with one attached hydrogen (secondary N) is 2. The molecule has 0 aromatic heterocycles. The molecule has 1 aliphatic rings. The van der Waals surface area contributed by atoms with Crippen LogP contribution in [0.3, 0.4) is 0 Å². The standard InChI is InChI=1S/C13H12N4/c14-6-10(7-15)8-17-13-2-1-12-9-16-4-3-11(12)5-13/h1-2,5,8,16-17H,3-4,9H2. The molecule has 0 fully saturated rings. The quantitative estimate of drug-likeness (QED) is 0.750. The minimum Gasteiger partial charge on any atom is -0.360 e. The highest BCUT2D eigenvalue weighted by molar-refractivity contribution is 5.53. The number of anilines is 1. The van der Waals surface area contributed by atoms with Crippen LogP contribution in [-0.4, -0.2) is 6.54 Å². The van der Waals surface area contributed by atoms with Crippen LogP contribution in [0.2, 0.25) is 0 Å². The van der Waals surface area contributed by atoms with Crippen LogP contribution in [0, 0.1) is 22.7 Å². The number of fused-ring (bicyclic) bond motifs is 1. The number of hydrogen-bond donors (Lipinski definition) is 2. The minimum atomic E-state index is 0.0735. The van der Waals surface area contributed by atoms with Gasteiger partial charge in [-0.1, -0.05) is 6.07 Å². The molecule has 4 heteroatoms. The molecule has 0 saturated carbocycles. The van der Waals surface area contributed by atoms with Gasteiger partial charge in [0.2, 0.25) is 0 Å². The van der Waals surface area contributed by atoms with Gasteiger partial charge in [0.05, 0.1) is 0 Å². The second-order valence-electron chi connectivity index (χ2n) is 3.84. The Labute approximate surface area is 100 Å². The number of nitriles is 2. The Morgan fingerprint density at radius 1 is 1.29 bits per heavy atom. The highest BCUT2D eigenvalue weighted by Gasteiger charge is 2.08. The van der Waals surface area contributed by atoms with Crippen LogP contribution in [0.1, 0.15) is 11.1 Å². The highest BCUT2D eigenvalue weighted by Crippen LogP contribution is 2.19. The molecule has 0 unspecified atom stereocenters. The van der Waals surface area contributed by atoms with Crippen LogP contribution in [0.25, 0.3) is 0 Å². The lowest BCUT2D eigenvalue weighted by atomic mass is 10.0. The van der Waals surface area contributed by atoms with Gasteiger partial charge in [0, 0.05) is 18.4 Å². The first-order chi connectivity index (χ1) is 8.33. The van der Waals surface area contributed by atoms with Crippen molar-refractivity contribution in [1.82, 2.24) is 5.32 Å². The van der Waals surface area contributed by atoms with Crippen molar-refractivity contribution in [2.24, 2.45) is 0 Å². The van der Waals surface area contributed by atoms with Crippen molar-refractivity contribution in [2.45, 2.75) is 13.0 Å². The summed E-state index contributed by atoms with van der Waals surface area (Å²) in [5.74, 6) is 0. The fourth-order valence-electron chi connectivity index (χ4n) is 1.81. The van der Waals surface area contributed by atoms with E-state index in [1.807, 2.05) is 18.2 Å². The zero-order valence-electron chi connectivity index (χ0n) is 9.33. The number of hydrogen-bond acceptors (Lipinski definition) is 4. The summed E-state index contributed by atoms with van der Waals surface area (Å²) in [6, 6.07) is 9.71. The lowest BCUT2D eigenvalue weighted by Crippen LogP contribution is -2.23. The zero-order chi connectivity index (χ0) is 12.1. The van der Waals surface area contributed by atoms with E-state index in [1.54, 1.807) is 0 Å². The molecule has 2 N–H and O–H groups in total. The molecule has 0 spiro atoms. The predicted octanol–water partition coefficient (Wildman–Crippen LogP) is 1.68. The summed E-state index contributed by atoms with van der Waals surface area (Å²) in [6.07, 6.45) is 2.45. The van der Waals surface area contributed by atoms with E-state index in [-0.39, 0.29) is 5.57 Å². The van der Waals surface area contributed by atoms with Crippen molar-refractivity contribution in [1.29, 1.82) is 10.5 Å². The van der Waals surface area contributed by atoms with Gasteiger partial charge in [-0.15, -0.1) is 0 Å². The molecule has 0 aliphatic carbocycles. The van der Waals surface area contributed by atoms with E-state index >= 15 is 0 Å². The van der Waals surface area contributed by atoms with Gasteiger partial charge in [0.25, 0.3) is 0 Å². The van der Waals surface area contributed by atoms with E-state index in [0.717, 1.165) is 25.2 Å². The molecule has 2 rings (SSSR count). The molecule has 1 aromatic carbocycles. The first kappa shape index (κ1) is 11.2. The summed E-state index contributed by atoms with van der Waals surface area (Å²) < 4.78 is 0. The lowest BCUT2D eigenvalue weighted by molar-refractivity contribution is 0.644. The highest BCUT2D eigenvalue weighted by atomic mass is 14.9. The molecule has 0 radical (unpaired) electrons. The van der Waals surface area contributed by atoms with E-state index in [0.29, 0.717) is 0 Å². The van der Waals surface area contributed by atoms with E-state index in [9.17, 15) is 0 Å². The van der Waals surface area contributed by atoms with E-state index < -0.39 is 0 Å². The summed E-state index contributed by atoms with van der Waals surface area (Å²) in [5, 5.41) is 23.5. The second kappa shape index (κ2) is 5.16. The smallest absolute Gasteiger partial charge is 0.145 e. The number of benzene rings is 1. The summed E-state index contributed by atoms with van der Waals surface area (Å²) in [5.41, 5.74) is 3.61. The molecule has 4 nitrogen and oxygen atoms in total. The molecule has 1 aromatic rings. The molecular weight excluding hydrogens is 212 g/mol. The van der Waals surface area contributed by atoms with E-state index in [4.69, 9.17) is 10.5 Å². The van der Waals surface area contributed by atoms with Crippen molar-refractivity contribution in [3.63, 3.8) is 0 Å². The molecule has 0 amide bonds. The number of rotatable bonds is 2. The van der Waals surface area contributed by atoms with Crippen LogP contribution in [-0.2, 0) is 13.0 Å². The van der Waals surface area contributed by atoms with Crippen molar-refractivity contribution in [2.75, 3.05) is 11.9 Å². The van der Waals surface area contributed by atoms with Gasteiger partial charge in [-0.05, 0) is 36.2 Å². The van der Waals surface area contributed by atoms with Crippen LogP contribution in [0.15, 0.2) is 30.0 Å². The first-order valence-corrected chi connectivity index (χ1v) is 5.43. The first-order valence-electron chi connectivity index (χ1n) is 5.43. The van der Waals surface area contributed by atoms with Gasteiger partial charge < -0.3 is 10.6 Å². The molecule has 0 saturated heterocycles. The maximum atomic E-state index is 8.61. The third kappa shape index (κ3) is 2.63. The topological polar surface area (TPSA) is 71.6 Å². The lowest BCUT2D eigenvalue weighted by Gasteiger charge is -2.17. The van der Waals surface area contributed by atoms with Crippen LogP contribution in [0.4, 0.5) is 5.69 Å². The summed E-state index contributed by atoms with van der Waals surface area (Å²) in [6.45, 7) is 1.90. The van der Waals surface area contributed by atoms with Crippen LogP contribution in [0.5, 0.6) is 0 Å². The fourth-order valence-corrected chi connectivity index (χ4v) is 1.81. The average molecular weight is 224 g/mol. The van der Waals surface area contributed by atoms with Crippen LogP contribution >= 0.6 is 0 Å². The average Bonchev–Trinajstić information content (AvgIpc) is 2.40. The SMILES string of the molecule is N#CC(C#N)=CNc1ccc2c(c1)CCNC2. The van der Waals surface area contributed by atoms with Crippen molar-refractivity contribution in [3.05, 3.63) is 41.1 Å². The van der Waals surface area contributed by atoms with Crippen molar-refractivity contribution in [3.8, 4) is 12.1 Å². The van der Waals surface area contributed by atoms with Gasteiger partial charge in [-0.2, -0.15) is 10.5 Å². The molecule has 0 atom stereocenters. The molecule has 84 valence electrons. The van der Waals surface area contributed by atoms with Gasteiger partial charge in [0.1, 0.15) is 17.7 Å². The second-order valence-corrected chi connectivity index (χ2v) is 3.84. The monoisotopic (exact) mass is 224 g/mol. The fraction of sp³-hybridized carbons (Fsp3) is 0.231. The minimum absolute atomic E-state index is 0.0735.